The summed E-state index contributed by atoms with van der Waals surface area (Å²) in [6.07, 6.45) is 0.599. The van der Waals surface area contributed by atoms with Gasteiger partial charge in [0.1, 0.15) is 5.00 Å². The standard InChI is InChI=1S/C25H26N2O5S/c1-3-30-25(29)23-16(2)21(12-18-9-10-19-20(11-18)32-15-31-19)33-24(23)27-22(28)14-26-13-17-7-5-4-6-8-17/h4-11,26H,3,12-15H2,1-2H3,(H,27,28). The Bertz CT molecular complexity index is 1140. The number of anilines is 1. The largest absolute Gasteiger partial charge is 0.462 e. The minimum absolute atomic E-state index is 0.131. The van der Waals surface area contributed by atoms with Crippen LogP contribution in [0.3, 0.4) is 0 Å². The average molecular weight is 467 g/mol. The van der Waals surface area contributed by atoms with Gasteiger partial charge in [0, 0.05) is 17.8 Å². The van der Waals surface area contributed by atoms with Gasteiger partial charge in [0.05, 0.1) is 18.7 Å². The molecule has 1 aliphatic heterocycles. The molecule has 0 aliphatic carbocycles. The fraction of sp³-hybridized carbons (Fsp3) is 0.280. The number of carbonyl (C=O) groups excluding carboxylic acids is 2. The molecular formula is C25H26N2O5S. The molecule has 2 N–H and O–H groups in total. The summed E-state index contributed by atoms with van der Waals surface area (Å²) >= 11 is 1.39. The van der Waals surface area contributed by atoms with E-state index in [2.05, 4.69) is 10.6 Å². The molecule has 7 nitrogen and oxygen atoms in total. The predicted molar refractivity (Wildman–Crippen MR) is 127 cm³/mol. The summed E-state index contributed by atoms with van der Waals surface area (Å²) in [7, 11) is 0. The van der Waals surface area contributed by atoms with E-state index in [1.165, 1.54) is 11.3 Å². The van der Waals surface area contributed by atoms with E-state index in [4.69, 9.17) is 14.2 Å². The van der Waals surface area contributed by atoms with Crippen LogP contribution in [0.2, 0.25) is 0 Å². The molecule has 172 valence electrons. The van der Waals surface area contributed by atoms with Crippen molar-refractivity contribution in [1.29, 1.82) is 0 Å². The van der Waals surface area contributed by atoms with Crippen molar-refractivity contribution in [3.63, 3.8) is 0 Å². The molecule has 8 heteroatoms. The van der Waals surface area contributed by atoms with E-state index in [9.17, 15) is 9.59 Å². The zero-order chi connectivity index (χ0) is 23.2. The molecule has 0 radical (unpaired) electrons. The fourth-order valence-electron chi connectivity index (χ4n) is 3.59. The lowest BCUT2D eigenvalue weighted by Crippen LogP contribution is -2.28. The highest BCUT2D eigenvalue weighted by molar-refractivity contribution is 7.17. The van der Waals surface area contributed by atoms with Crippen LogP contribution in [0.25, 0.3) is 0 Å². The molecule has 4 rings (SSSR count). The number of hydrogen-bond donors (Lipinski definition) is 2. The van der Waals surface area contributed by atoms with Crippen LogP contribution in [0, 0.1) is 6.92 Å². The smallest absolute Gasteiger partial charge is 0.341 e. The predicted octanol–water partition coefficient (Wildman–Crippen LogP) is 4.28. The molecule has 3 aromatic rings. The number of thiophene rings is 1. The Hall–Kier alpha value is -3.36. The number of nitrogens with one attached hydrogen (secondary N) is 2. The second-order valence-corrected chi connectivity index (χ2v) is 8.68. The lowest BCUT2D eigenvalue weighted by molar-refractivity contribution is -0.115. The van der Waals surface area contributed by atoms with E-state index < -0.39 is 5.97 Å². The lowest BCUT2D eigenvalue weighted by Gasteiger charge is -2.08. The van der Waals surface area contributed by atoms with Crippen LogP contribution in [0.5, 0.6) is 11.5 Å². The van der Waals surface area contributed by atoms with Crippen LogP contribution in [0.1, 0.15) is 38.8 Å². The third-order valence-electron chi connectivity index (χ3n) is 5.24. The quantitative estimate of drug-likeness (QED) is 0.458. The third kappa shape index (κ3) is 5.53. The summed E-state index contributed by atoms with van der Waals surface area (Å²) in [6, 6.07) is 15.7. The average Bonchev–Trinajstić information content (AvgIpc) is 3.38. The highest BCUT2D eigenvalue weighted by Gasteiger charge is 2.24. The van der Waals surface area contributed by atoms with E-state index in [1.54, 1.807) is 6.92 Å². The maximum absolute atomic E-state index is 12.7. The fourth-order valence-corrected chi connectivity index (χ4v) is 4.83. The van der Waals surface area contributed by atoms with E-state index in [-0.39, 0.29) is 25.9 Å². The number of hydrogen-bond acceptors (Lipinski definition) is 7. The van der Waals surface area contributed by atoms with Crippen LogP contribution in [-0.2, 0) is 22.5 Å². The molecule has 0 spiro atoms. The topological polar surface area (TPSA) is 85.9 Å². The lowest BCUT2D eigenvalue weighted by atomic mass is 10.1. The number of amides is 1. The van der Waals surface area contributed by atoms with Crippen molar-refractivity contribution >= 4 is 28.2 Å². The Morgan fingerprint density at radius 3 is 2.64 bits per heavy atom. The summed E-state index contributed by atoms with van der Waals surface area (Å²) in [5.41, 5.74) is 3.34. The zero-order valence-electron chi connectivity index (χ0n) is 18.6. The molecule has 1 aliphatic rings. The minimum Gasteiger partial charge on any atom is -0.462 e. The molecule has 1 aromatic heterocycles. The van der Waals surface area contributed by atoms with E-state index in [0.717, 1.165) is 27.3 Å². The van der Waals surface area contributed by atoms with E-state index in [0.29, 0.717) is 29.3 Å². The Balaban J connectivity index is 1.48. The molecule has 2 aromatic carbocycles. The van der Waals surface area contributed by atoms with Crippen molar-refractivity contribution in [3.8, 4) is 11.5 Å². The maximum atomic E-state index is 12.7. The normalized spacial score (nSPS) is 11.9. The Labute approximate surface area is 196 Å². The Morgan fingerprint density at radius 2 is 1.85 bits per heavy atom. The molecule has 2 heterocycles. The minimum atomic E-state index is -0.435. The zero-order valence-corrected chi connectivity index (χ0v) is 19.4. The van der Waals surface area contributed by atoms with Crippen molar-refractivity contribution in [2.75, 3.05) is 25.3 Å². The number of esters is 1. The van der Waals surface area contributed by atoms with Crippen molar-refractivity contribution in [3.05, 3.63) is 75.7 Å². The highest BCUT2D eigenvalue weighted by atomic mass is 32.1. The molecule has 0 saturated heterocycles. The first-order valence-corrected chi connectivity index (χ1v) is 11.6. The van der Waals surface area contributed by atoms with Crippen molar-refractivity contribution in [2.45, 2.75) is 26.8 Å². The first kappa shape index (κ1) is 22.8. The number of ether oxygens (including phenoxy) is 3. The maximum Gasteiger partial charge on any atom is 0.341 e. The second kappa shape index (κ2) is 10.5. The third-order valence-corrected chi connectivity index (χ3v) is 6.44. The highest BCUT2D eigenvalue weighted by Crippen LogP contribution is 2.37. The van der Waals surface area contributed by atoms with Gasteiger partial charge in [0.25, 0.3) is 0 Å². The van der Waals surface area contributed by atoms with Gasteiger partial charge in [-0.05, 0) is 42.7 Å². The van der Waals surface area contributed by atoms with Crippen LogP contribution in [0.15, 0.2) is 48.5 Å². The molecule has 1 amide bonds. The van der Waals surface area contributed by atoms with Crippen LogP contribution >= 0.6 is 11.3 Å². The SMILES string of the molecule is CCOC(=O)c1c(NC(=O)CNCc2ccccc2)sc(Cc2ccc3c(c2)OCO3)c1C. The summed E-state index contributed by atoms with van der Waals surface area (Å²) < 4.78 is 16.1. The summed E-state index contributed by atoms with van der Waals surface area (Å²) in [6.45, 7) is 4.84. The molecule has 0 bridgehead atoms. The van der Waals surface area contributed by atoms with Gasteiger partial charge in [-0.1, -0.05) is 36.4 Å². The first-order chi connectivity index (χ1) is 16.0. The van der Waals surface area contributed by atoms with Gasteiger partial charge in [0.15, 0.2) is 11.5 Å². The Morgan fingerprint density at radius 1 is 1.06 bits per heavy atom. The number of carbonyl (C=O) groups is 2. The van der Waals surface area contributed by atoms with Crippen LogP contribution < -0.4 is 20.1 Å². The molecular weight excluding hydrogens is 440 g/mol. The van der Waals surface area contributed by atoms with Crippen molar-refractivity contribution in [1.82, 2.24) is 5.32 Å². The summed E-state index contributed by atoms with van der Waals surface area (Å²) in [4.78, 5) is 26.2. The van der Waals surface area contributed by atoms with Gasteiger partial charge in [-0.15, -0.1) is 11.3 Å². The molecule has 33 heavy (non-hydrogen) atoms. The Kier molecular flexibility index (Phi) is 7.26. The van der Waals surface area contributed by atoms with Crippen LogP contribution in [-0.4, -0.2) is 31.8 Å². The monoisotopic (exact) mass is 466 g/mol. The van der Waals surface area contributed by atoms with Gasteiger partial charge in [-0.2, -0.15) is 0 Å². The number of fused-ring (bicyclic) bond motifs is 1. The van der Waals surface area contributed by atoms with Gasteiger partial charge in [-0.3, -0.25) is 4.79 Å². The van der Waals surface area contributed by atoms with E-state index >= 15 is 0 Å². The molecule has 0 fully saturated rings. The van der Waals surface area contributed by atoms with Crippen LogP contribution in [0.4, 0.5) is 5.00 Å². The summed E-state index contributed by atoms with van der Waals surface area (Å²) in [5.74, 6) is 0.790. The van der Waals surface area contributed by atoms with Gasteiger partial charge in [-0.25, -0.2) is 4.79 Å². The molecule has 0 saturated carbocycles. The van der Waals surface area contributed by atoms with Gasteiger partial charge in [0.2, 0.25) is 12.7 Å². The van der Waals surface area contributed by atoms with E-state index in [1.807, 2.05) is 55.5 Å². The van der Waals surface area contributed by atoms with Gasteiger partial charge < -0.3 is 24.8 Å². The number of rotatable bonds is 9. The number of benzene rings is 2. The molecule has 0 unspecified atom stereocenters. The summed E-state index contributed by atoms with van der Waals surface area (Å²) in [5, 5.41) is 6.54. The van der Waals surface area contributed by atoms with Crippen molar-refractivity contribution < 1.29 is 23.8 Å². The first-order valence-electron chi connectivity index (χ1n) is 10.8. The van der Waals surface area contributed by atoms with Gasteiger partial charge >= 0.3 is 5.97 Å². The van der Waals surface area contributed by atoms with Crippen molar-refractivity contribution in [2.24, 2.45) is 0 Å². The second-order valence-electron chi connectivity index (χ2n) is 7.58. The molecule has 0 atom stereocenters.